The fraction of sp³-hybridized carbons (Fsp3) is 0.667. The standard InChI is InChI=1S/C42H60N2O4/c1-4-5-17-27-44(38(46)21-16-11-9-7-6-8-10-13-18-32-19-14-12-15-20-32)35-24-23-34-36-29-33-22-25-37(47-3)40-39(33)42(34,41(35)48-40)26-28-43(36)30-31(2)45/h12,14-15,19-20,22,25,34-36,41H,4-11,13,16-18,21,23-24,26-30H2,1-3H3/t34-,35-,36+,41-,42-/m0/s1. The molecule has 1 spiro atoms. The van der Waals surface area contributed by atoms with Crippen LogP contribution in [0.15, 0.2) is 42.5 Å². The van der Waals surface area contributed by atoms with Crippen molar-refractivity contribution in [2.24, 2.45) is 5.92 Å². The molecule has 2 heterocycles. The summed E-state index contributed by atoms with van der Waals surface area (Å²) in [6.07, 6.45) is 18.9. The molecule has 6 heteroatoms. The number of ether oxygens (including phenoxy) is 2. The quantitative estimate of drug-likeness (QED) is 0.142. The highest BCUT2D eigenvalue weighted by Crippen LogP contribution is 2.64. The summed E-state index contributed by atoms with van der Waals surface area (Å²) in [7, 11) is 1.74. The Morgan fingerprint density at radius 3 is 2.42 bits per heavy atom. The van der Waals surface area contributed by atoms with Crippen LogP contribution >= 0.6 is 0 Å². The van der Waals surface area contributed by atoms with Gasteiger partial charge in [-0.05, 0) is 87.9 Å². The van der Waals surface area contributed by atoms with Gasteiger partial charge in [-0.25, -0.2) is 0 Å². The van der Waals surface area contributed by atoms with Crippen molar-refractivity contribution in [2.45, 2.75) is 147 Å². The van der Waals surface area contributed by atoms with Crippen molar-refractivity contribution >= 4 is 11.7 Å². The van der Waals surface area contributed by atoms with Crippen molar-refractivity contribution in [1.82, 2.24) is 9.80 Å². The number of rotatable bonds is 19. The first-order chi connectivity index (χ1) is 23.5. The summed E-state index contributed by atoms with van der Waals surface area (Å²) in [6, 6.07) is 15.5. The largest absolute Gasteiger partial charge is 0.493 e. The smallest absolute Gasteiger partial charge is 0.222 e. The molecule has 1 amide bonds. The number of amides is 1. The van der Waals surface area contributed by atoms with Crippen LogP contribution in [-0.4, -0.2) is 66.4 Å². The zero-order chi connectivity index (χ0) is 33.5. The van der Waals surface area contributed by atoms with E-state index in [1.807, 2.05) is 0 Å². The van der Waals surface area contributed by atoms with Gasteiger partial charge in [0.25, 0.3) is 0 Å². The molecule has 48 heavy (non-hydrogen) atoms. The summed E-state index contributed by atoms with van der Waals surface area (Å²) in [5, 5.41) is 0. The van der Waals surface area contributed by atoms with E-state index in [-0.39, 0.29) is 23.3 Å². The van der Waals surface area contributed by atoms with Crippen molar-refractivity contribution < 1.29 is 19.1 Å². The van der Waals surface area contributed by atoms with Crippen LogP contribution in [0.25, 0.3) is 0 Å². The lowest BCUT2D eigenvalue weighted by atomic mass is 9.51. The van der Waals surface area contributed by atoms with Crippen molar-refractivity contribution in [3.05, 3.63) is 59.2 Å². The van der Waals surface area contributed by atoms with Crippen LogP contribution in [0.4, 0.5) is 0 Å². The summed E-state index contributed by atoms with van der Waals surface area (Å²) < 4.78 is 13.0. The highest BCUT2D eigenvalue weighted by Gasteiger charge is 2.66. The summed E-state index contributed by atoms with van der Waals surface area (Å²) in [6.45, 7) is 6.21. The normalized spacial score (nSPS) is 25.3. The maximum atomic E-state index is 14.2. The predicted octanol–water partition coefficient (Wildman–Crippen LogP) is 8.46. The van der Waals surface area contributed by atoms with Crippen LogP contribution in [0.5, 0.6) is 11.5 Å². The van der Waals surface area contributed by atoms with Crippen LogP contribution in [0.2, 0.25) is 0 Å². The topological polar surface area (TPSA) is 59.1 Å². The van der Waals surface area contributed by atoms with Gasteiger partial charge >= 0.3 is 0 Å². The first-order valence-electron chi connectivity index (χ1n) is 19.4. The number of unbranched alkanes of at least 4 members (excludes halogenated alkanes) is 9. The number of Topliss-reactive ketones (excluding diaryl/α,β-unsaturated/α-hetero) is 1. The number of hydrogen-bond donors (Lipinski definition) is 0. The van der Waals surface area contributed by atoms with Crippen LogP contribution in [0.1, 0.15) is 127 Å². The molecule has 6 nitrogen and oxygen atoms in total. The van der Waals surface area contributed by atoms with Gasteiger partial charge in [0.1, 0.15) is 11.9 Å². The molecular weight excluding hydrogens is 596 g/mol. The lowest BCUT2D eigenvalue weighted by Crippen LogP contribution is -2.69. The molecule has 0 unspecified atom stereocenters. The number of carbonyl (C=O) groups is 2. The van der Waals surface area contributed by atoms with Crippen molar-refractivity contribution in [2.75, 3.05) is 26.7 Å². The van der Waals surface area contributed by atoms with E-state index in [4.69, 9.17) is 9.47 Å². The Balaban J connectivity index is 1.08. The minimum Gasteiger partial charge on any atom is -0.493 e. The number of ketones is 1. The number of benzene rings is 2. The van der Waals surface area contributed by atoms with Gasteiger partial charge in [0, 0.05) is 30.0 Å². The lowest BCUT2D eigenvalue weighted by molar-refractivity contribution is -0.143. The molecule has 2 aliphatic heterocycles. The molecule has 2 bridgehead atoms. The average molecular weight is 657 g/mol. The second-order valence-corrected chi connectivity index (χ2v) is 15.3. The third kappa shape index (κ3) is 7.20. The fourth-order valence-corrected chi connectivity index (χ4v) is 10.0. The van der Waals surface area contributed by atoms with Crippen molar-refractivity contribution in [3.8, 4) is 11.5 Å². The Morgan fingerprint density at radius 1 is 0.938 bits per heavy atom. The molecule has 2 aromatic rings. The Morgan fingerprint density at radius 2 is 1.69 bits per heavy atom. The number of aryl methyl sites for hydroxylation is 1. The molecule has 2 aliphatic carbocycles. The first-order valence-corrected chi connectivity index (χ1v) is 19.4. The molecule has 2 aromatic carbocycles. The van der Waals surface area contributed by atoms with Gasteiger partial charge in [-0.15, -0.1) is 0 Å². The van der Waals surface area contributed by atoms with Gasteiger partial charge in [0.15, 0.2) is 11.5 Å². The van der Waals surface area contributed by atoms with E-state index in [1.54, 1.807) is 14.0 Å². The molecule has 6 rings (SSSR count). The number of methoxy groups -OCH3 is 1. The summed E-state index contributed by atoms with van der Waals surface area (Å²) >= 11 is 0. The Bertz CT molecular complexity index is 1380. The maximum Gasteiger partial charge on any atom is 0.222 e. The highest BCUT2D eigenvalue weighted by molar-refractivity contribution is 5.78. The summed E-state index contributed by atoms with van der Waals surface area (Å²) in [5.41, 5.74) is 4.04. The van der Waals surface area contributed by atoms with Crippen LogP contribution in [0.3, 0.4) is 0 Å². The zero-order valence-electron chi connectivity index (χ0n) is 30.0. The van der Waals surface area contributed by atoms with Gasteiger partial charge < -0.3 is 14.4 Å². The Hall–Kier alpha value is -2.86. The molecule has 0 N–H and O–H groups in total. The van der Waals surface area contributed by atoms with E-state index in [9.17, 15) is 9.59 Å². The molecule has 0 radical (unpaired) electrons. The minimum atomic E-state index is -0.122. The molecular formula is C42H60N2O4. The summed E-state index contributed by atoms with van der Waals surface area (Å²) in [4.78, 5) is 31.2. The molecule has 1 saturated heterocycles. The molecule has 0 aromatic heterocycles. The second kappa shape index (κ2) is 16.2. The number of likely N-dealkylation sites (tertiary alicyclic amines) is 1. The van der Waals surface area contributed by atoms with Crippen LogP contribution in [0, 0.1) is 5.92 Å². The molecule has 2 fully saturated rings. The fourth-order valence-electron chi connectivity index (χ4n) is 10.0. The van der Waals surface area contributed by atoms with Crippen molar-refractivity contribution in [1.29, 1.82) is 0 Å². The van der Waals surface area contributed by atoms with E-state index in [1.165, 1.54) is 61.6 Å². The highest BCUT2D eigenvalue weighted by atomic mass is 16.5. The first kappa shape index (κ1) is 35.0. The van der Waals surface area contributed by atoms with E-state index in [0.717, 1.165) is 82.4 Å². The number of nitrogens with zero attached hydrogens (tertiary/aromatic N) is 2. The molecule has 5 atom stereocenters. The van der Waals surface area contributed by atoms with Gasteiger partial charge in [-0.1, -0.05) is 94.7 Å². The van der Waals surface area contributed by atoms with E-state index in [0.29, 0.717) is 30.8 Å². The average Bonchev–Trinajstić information content (AvgIpc) is 3.44. The number of hydrogen-bond acceptors (Lipinski definition) is 5. The number of carbonyl (C=O) groups excluding carboxylic acids is 2. The van der Waals surface area contributed by atoms with Gasteiger partial charge in [0.2, 0.25) is 5.91 Å². The predicted molar refractivity (Wildman–Crippen MR) is 193 cm³/mol. The third-order valence-corrected chi connectivity index (χ3v) is 12.2. The molecule has 262 valence electrons. The van der Waals surface area contributed by atoms with Gasteiger partial charge in [-0.3, -0.25) is 14.5 Å². The van der Waals surface area contributed by atoms with Crippen molar-refractivity contribution in [3.63, 3.8) is 0 Å². The van der Waals surface area contributed by atoms with Gasteiger partial charge in [-0.2, -0.15) is 0 Å². The number of piperidine rings is 1. The summed E-state index contributed by atoms with van der Waals surface area (Å²) in [5.74, 6) is 2.74. The van der Waals surface area contributed by atoms with Crippen LogP contribution in [-0.2, 0) is 27.8 Å². The second-order valence-electron chi connectivity index (χ2n) is 15.3. The van der Waals surface area contributed by atoms with E-state index >= 15 is 0 Å². The molecule has 1 saturated carbocycles. The van der Waals surface area contributed by atoms with Crippen LogP contribution < -0.4 is 9.47 Å². The lowest BCUT2D eigenvalue weighted by Gasteiger charge is -2.60. The Labute approximate surface area is 289 Å². The maximum absolute atomic E-state index is 14.2. The monoisotopic (exact) mass is 656 g/mol. The van der Waals surface area contributed by atoms with E-state index < -0.39 is 0 Å². The third-order valence-electron chi connectivity index (χ3n) is 12.2. The van der Waals surface area contributed by atoms with Gasteiger partial charge in [0.05, 0.1) is 19.7 Å². The minimum absolute atomic E-state index is 0.0592. The zero-order valence-corrected chi connectivity index (χ0v) is 30.0. The van der Waals surface area contributed by atoms with E-state index in [2.05, 4.69) is 59.2 Å². The SMILES string of the molecule is CCCCCN(C(=O)CCCCCCCCCCc1ccccc1)[C@H]1CC[C@H]2[C@H]3Cc4ccc(OC)c5c4[C@@]2(CCN3CC(C)=O)[C@H]1O5. The molecule has 4 aliphatic rings. The Kier molecular flexibility index (Phi) is 11.8.